The number of ether oxygens (including phenoxy) is 2. The predicted molar refractivity (Wildman–Crippen MR) is 145 cm³/mol. The molecule has 2 N–H and O–H groups in total. The number of benzene rings is 1. The molecule has 0 amide bonds. The quantitative estimate of drug-likeness (QED) is 0.613. The van der Waals surface area contributed by atoms with Gasteiger partial charge in [0.25, 0.3) is 0 Å². The molecule has 5 rings (SSSR count). The zero-order valence-electron chi connectivity index (χ0n) is 23.0. The van der Waals surface area contributed by atoms with E-state index in [1.807, 2.05) is 24.3 Å². The third kappa shape index (κ3) is 3.54. The van der Waals surface area contributed by atoms with Gasteiger partial charge in [-0.3, -0.25) is 4.98 Å². The van der Waals surface area contributed by atoms with Crippen LogP contribution in [-0.4, -0.2) is 52.4 Å². The minimum absolute atomic E-state index is 0.157. The Morgan fingerprint density at radius 3 is 2.50 bits per heavy atom. The molecule has 2 aliphatic carbocycles. The number of nitriles is 1. The summed E-state index contributed by atoms with van der Waals surface area (Å²) < 4.78 is 12.6. The molecule has 200 valence electrons. The standard InChI is InChI=1S/C31H37N3O4/c1-28(2,3)34(5)19-22-26(29(4)14-8-7-9-15-29)31(21-12-10-20(16-32)11-13-21)30(36,27(22)35)25-23(37-6)17-33-18-24(25)38-31/h7-14,17-18,22,26-27,35-36H,15,19H2,1-6H3/t22-,26+,27-,29?,30+,31+/m1/s1. The van der Waals surface area contributed by atoms with Crippen molar-refractivity contribution in [1.29, 1.82) is 5.26 Å². The molecule has 2 aromatic rings. The Balaban J connectivity index is 1.83. The predicted octanol–water partition coefficient (Wildman–Crippen LogP) is 4.30. The summed E-state index contributed by atoms with van der Waals surface area (Å²) in [5.74, 6) is 0.0345. The van der Waals surface area contributed by atoms with E-state index in [1.54, 1.807) is 24.5 Å². The highest BCUT2D eigenvalue weighted by Gasteiger charge is 2.78. The first-order valence-electron chi connectivity index (χ1n) is 13.1. The third-order valence-electron chi connectivity index (χ3n) is 9.08. The van der Waals surface area contributed by atoms with Crippen LogP contribution in [0.25, 0.3) is 0 Å². The summed E-state index contributed by atoms with van der Waals surface area (Å²) in [5, 5.41) is 34.8. The second-order valence-corrected chi connectivity index (χ2v) is 12.1. The number of aliphatic hydroxyl groups excluding tert-OH is 1. The molecule has 1 aliphatic heterocycles. The molecule has 38 heavy (non-hydrogen) atoms. The van der Waals surface area contributed by atoms with Gasteiger partial charge in [-0.1, -0.05) is 43.4 Å². The molecule has 1 fully saturated rings. The second kappa shape index (κ2) is 8.94. The van der Waals surface area contributed by atoms with E-state index in [1.165, 1.54) is 7.11 Å². The van der Waals surface area contributed by atoms with Crippen molar-refractivity contribution in [2.75, 3.05) is 20.7 Å². The number of aromatic nitrogens is 1. The molecule has 1 unspecified atom stereocenters. The van der Waals surface area contributed by atoms with Crippen LogP contribution in [0, 0.1) is 28.6 Å². The molecule has 6 atom stereocenters. The molecule has 7 nitrogen and oxygen atoms in total. The number of hydrogen-bond donors (Lipinski definition) is 2. The Bertz CT molecular complexity index is 1320. The summed E-state index contributed by atoms with van der Waals surface area (Å²) in [4.78, 5) is 6.52. The molecular formula is C31H37N3O4. The fourth-order valence-electron chi connectivity index (χ4n) is 6.90. The van der Waals surface area contributed by atoms with Crippen LogP contribution >= 0.6 is 0 Å². The number of methoxy groups -OCH3 is 1. The van der Waals surface area contributed by atoms with E-state index in [2.05, 4.69) is 62.8 Å². The maximum absolute atomic E-state index is 13.0. The van der Waals surface area contributed by atoms with Crippen LogP contribution in [0.3, 0.4) is 0 Å². The van der Waals surface area contributed by atoms with Crippen LogP contribution in [0.1, 0.15) is 50.8 Å². The average Bonchev–Trinajstić information content (AvgIpc) is 3.27. The molecule has 0 radical (unpaired) electrons. The lowest BCUT2D eigenvalue weighted by Crippen LogP contribution is -2.55. The van der Waals surface area contributed by atoms with Gasteiger partial charge in [0.1, 0.15) is 11.5 Å². The smallest absolute Gasteiger partial charge is 0.174 e. The third-order valence-corrected chi connectivity index (χ3v) is 9.08. The minimum atomic E-state index is -1.84. The summed E-state index contributed by atoms with van der Waals surface area (Å²) in [6.07, 6.45) is 11.0. The van der Waals surface area contributed by atoms with Crippen molar-refractivity contribution in [3.8, 4) is 17.6 Å². The van der Waals surface area contributed by atoms with Crippen molar-refractivity contribution in [3.63, 3.8) is 0 Å². The van der Waals surface area contributed by atoms with E-state index in [-0.39, 0.29) is 17.4 Å². The molecule has 0 bridgehead atoms. The Labute approximate surface area is 225 Å². The highest BCUT2D eigenvalue weighted by Crippen LogP contribution is 2.71. The molecule has 2 heterocycles. The lowest BCUT2D eigenvalue weighted by molar-refractivity contribution is -0.165. The number of pyridine rings is 1. The van der Waals surface area contributed by atoms with Crippen LogP contribution in [0.15, 0.2) is 61.0 Å². The number of allylic oxidation sites excluding steroid dienone is 4. The largest absolute Gasteiger partial charge is 0.495 e. The molecule has 1 aromatic heterocycles. The van der Waals surface area contributed by atoms with Crippen LogP contribution in [-0.2, 0) is 11.2 Å². The summed E-state index contributed by atoms with van der Waals surface area (Å²) >= 11 is 0. The van der Waals surface area contributed by atoms with Crippen molar-refractivity contribution in [1.82, 2.24) is 9.88 Å². The van der Waals surface area contributed by atoms with Crippen molar-refractivity contribution in [3.05, 3.63) is 77.7 Å². The van der Waals surface area contributed by atoms with Gasteiger partial charge < -0.3 is 24.6 Å². The van der Waals surface area contributed by atoms with Gasteiger partial charge in [-0.2, -0.15) is 5.26 Å². The minimum Gasteiger partial charge on any atom is -0.495 e. The Kier molecular flexibility index (Phi) is 6.22. The Hall–Kier alpha value is -3.18. The van der Waals surface area contributed by atoms with E-state index < -0.39 is 22.7 Å². The van der Waals surface area contributed by atoms with E-state index in [9.17, 15) is 15.5 Å². The topological polar surface area (TPSA) is 98.8 Å². The summed E-state index contributed by atoms with van der Waals surface area (Å²) in [7, 11) is 3.58. The van der Waals surface area contributed by atoms with E-state index >= 15 is 0 Å². The van der Waals surface area contributed by atoms with Gasteiger partial charge in [0.05, 0.1) is 42.8 Å². The van der Waals surface area contributed by atoms with Crippen LogP contribution in [0.4, 0.5) is 0 Å². The van der Waals surface area contributed by atoms with Gasteiger partial charge in [-0.15, -0.1) is 0 Å². The molecule has 7 heteroatoms. The average molecular weight is 516 g/mol. The monoisotopic (exact) mass is 515 g/mol. The zero-order chi connectivity index (χ0) is 27.5. The highest BCUT2D eigenvalue weighted by molar-refractivity contribution is 5.58. The number of fused-ring (bicyclic) bond motifs is 3. The zero-order valence-corrected chi connectivity index (χ0v) is 23.0. The van der Waals surface area contributed by atoms with Crippen molar-refractivity contribution >= 4 is 0 Å². The second-order valence-electron chi connectivity index (χ2n) is 12.1. The van der Waals surface area contributed by atoms with Gasteiger partial charge in [-0.25, -0.2) is 0 Å². The molecule has 1 saturated carbocycles. The van der Waals surface area contributed by atoms with Crippen LogP contribution in [0.2, 0.25) is 0 Å². The lowest BCUT2D eigenvalue weighted by atomic mass is 9.60. The molecule has 3 aliphatic rings. The SMILES string of the molecule is COc1cncc2c1[C@]1(O)[C@H](O)[C@H](CN(C)C(C)(C)C)[C@@H](C3(C)C=CC=CC3)[C@]1(c1ccc(C#N)cc1)O2. The van der Waals surface area contributed by atoms with E-state index in [0.29, 0.717) is 34.7 Å². The van der Waals surface area contributed by atoms with Crippen LogP contribution in [0.5, 0.6) is 11.5 Å². The summed E-state index contributed by atoms with van der Waals surface area (Å²) in [6, 6.07) is 9.35. The summed E-state index contributed by atoms with van der Waals surface area (Å²) in [6.45, 7) is 9.13. The highest BCUT2D eigenvalue weighted by atomic mass is 16.5. The number of hydrogen-bond acceptors (Lipinski definition) is 7. The van der Waals surface area contributed by atoms with E-state index in [4.69, 9.17) is 9.47 Å². The first-order chi connectivity index (χ1) is 17.9. The van der Waals surface area contributed by atoms with Crippen LogP contribution < -0.4 is 9.47 Å². The number of nitrogens with zero attached hydrogens (tertiary/aromatic N) is 3. The summed E-state index contributed by atoms with van der Waals surface area (Å²) in [5.41, 5.74) is -2.20. The number of aliphatic hydroxyl groups is 2. The first kappa shape index (κ1) is 26.4. The maximum Gasteiger partial charge on any atom is 0.174 e. The Morgan fingerprint density at radius 2 is 1.92 bits per heavy atom. The van der Waals surface area contributed by atoms with Gasteiger partial charge >= 0.3 is 0 Å². The normalized spacial score (nSPS) is 33.5. The van der Waals surface area contributed by atoms with Crippen molar-refractivity contribution < 1.29 is 19.7 Å². The molecule has 1 aromatic carbocycles. The maximum atomic E-state index is 13.0. The Morgan fingerprint density at radius 1 is 1.21 bits per heavy atom. The fraction of sp³-hybridized carbons (Fsp3) is 0.484. The van der Waals surface area contributed by atoms with Gasteiger partial charge in [0.2, 0.25) is 0 Å². The van der Waals surface area contributed by atoms with Crippen molar-refractivity contribution in [2.24, 2.45) is 17.3 Å². The molecular weight excluding hydrogens is 478 g/mol. The van der Waals surface area contributed by atoms with Crippen molar-refractivity contribution in [2.45, 2.75) is 57.0 Å². The van der Waals surface area contributed by atoms with Gasteiger partial charge in [0.15, 0.2) is 11.2 Å². The molecule has 0 saturated heterocycles. The first-order valence-corrected chi connectivity index (χ1v) is 13.1. The number of rotatable bonds is 5. The van der Waals surface area contributed by atoms with Gasteiger partial charge in [-0.05, 0) is 57.4 Å². The van der Waals surface area contributed by atoms with E-state index in [0.717, 1.165) is 6.42 Å². The van der Waals surface area contributed by atoms with Gasteiger partial charge in [0, 0.05) is 23.9 Å². The lowest BCUT2D eigenvalue weighted by Gasteiger charge is -2.48. The fourth-order valence-corrected chi connectivity index (χ4v) is 6.90. The molecule has 0 spiro atoms.